The van der Waals surface area contributed by atoms with Crippen LogP contribution >= 0.6 is 0 Å². The average molecular weight is 339 g/mol. The Balaban J connectivity index is 2.15. The van der Waals surface area contributed by atoms with Gasteiger partial charge in [-0.15, -0.1) is 0 Å². The quantitative estimate of drug-likeness (QED) is 0.830. The third-order valence-electron chi connectivity index (χ3n) is 4.51. The predicted molar refractivity (Wildman–Crippen MR) is 96.0 cm³/mol. The molecule has 0 saturated carbocycles. The zero-order chi connectivity index (χ0) is 16.7. The molecule has 23 heavy (non-hydrogen) atoms. The minimum atomic E-state index is -3.17. The molecule has 1 aliphatic rings. The number of aryl methyl sites for hydroxylation is 1. The summed E-state index contributed by atoms with van der Waals surface area (Å²) in [6.45, 7) is 6.54. The zero-order valence-electron chi connectivity index (χ0n) is 14.4. The smallest absolute Gasteiger partial charge is 0.211 e. The number of nitrogens with one attached hydrogen (secondary N) is 1. The Morgan fingerprint density at radius 1 is 1.09 bits per heavy atom. The van der Waals surface area contributed by atoms with Crippen LogP contribution in [0.5, 0.6) is 0 Å². The van der Waals surface area contributed by atoms with E-state index in [0.29, 0.717) is 13.0 Å². The van der Waals surface area contributed by atoms with Crippen molar-refractivity contribution in [3.8, 4) is 0 Å². The van der Waals surface area contributed by atoms with Crippen LogP contribution in [-0.2, 0) is 10.0 Å². The van der Waals surface area contributed by atoms with E-state index < -0.39 is 10.0 Å². The van der Waals surface area contributed by atoms with E-state index in [1.807, 2.05) is 6.92 Å². The maximum absolute atomic E-state index is 12.0. The van der Waals surface area contributed by atoms with Crippen molar-refractivity contribution in [3.63, 3.8) is 0 Å². The number of sulfonamides is 1. The molecule has 1 aromatic rings. The Bertz CT molecular complexity index is 561. The fourth-order valence-corrected chi connectivity index (χ4v) is 4.29. The fourth-order valence-electron chi connectivity index (χ4n) is 3.20. The van der Waals surface area contributed by atoms with Crippen LogP contribution in [0.2, 0.25) is 0 Å². The first-order valence-electron chi connectivity index (χ1n) is 8.80. The van der Waals surface area contributed by atoms with Crippen LogP contribution < -0.4 is 4.72 Å². The van der Waals surface area contributed by atoms with E-state index >= 15 is 0 Å². The molecule has 1 aromatic carbocycles. The maximum atomic E-state index is 12.0. The molecular weight excluding hydrogens is 308 g/mol. The second-order valence-corrected chi connectivity index (χ2v) is 8.47. The highest BCUT2D eigenvalue weighted by molar-refractivity contribution is 7.89. The van der Waals surface area contributed by atoms with Crippen LogP contribution in [0.4, 0.5) is 0 Å². The number of hydrogen-bond donors (Lipinski definition) is 1. The van der Waals surface area contributed by atoms with Gasteiger partial charge in [0.2, 0.25) is 10.0 Å². The van der Waals surface area contributed by atoms with Gasteiger partial charge in [-0.1, -0.05) is 49.6 Å². The van der Waals surface area contributed by atoms with Gasteiger partial charge in [-0.05, 0) is 44.8 Å². The van der Waals surface area contributed by atoms with Crippen molar-refractivity contribution < 1.29 is 8.42 Å². The third kappa shape index (κ3) is 5.90. The van der Waals surface area contributed by atoms with Gasteiger partial charge in [-0.2, -0.15) is 0 Å². The molecule has 0 aliphatic carbocycles. The minimum Gasteiger partial charge on any atom is -0.295 e. The maximum Gasteiger partial charge on any atom is 0.211 e. The van der Waals surface area contributed by atoms with Gasteiger partial charge in [0.1, 0.15) is 0 Å². The molecular formula is C18H30N2O2S. The molecule has 1 fully saturated rings. The van der Waals surface area contributed by atoms with E-state index in [1.165, 1.54) is 36.8 Å². The molecule has 0 bridgehead atoms. The molecule has 1 aliphatic heterocycles. The first-order valence-corrected chi connectivity index (χ1v) is 10.4. The van der Waals surface area contributed by atoms with Gasteiger partial charge >= 0.3 is 0 Å². The van der Waals surface area contributed by atoms with Gasteiger partial charge in [0, 0.05) is 12.6 Å². The van der Waals surface area contributed by atoms with Crippen molar-refractivity contribution in [1.82, 2.24) is 9.62 Å². The van der Waals surface area contributed by atoms with Crippen LogP contribution in [0.3, 0.4) is 0 Å². The van der Waals surface area contributed by atoms with Crippen LogP contribution in [0.25, 0.3) is 0 Å². The molecule has 4 nitrogen and oxygen atoms in total. The fraction of sp³-hybridized carbons (Fsp3) is 0.667. The van der Waals surface area contributed by atoms with Gasteiger partial charge in [0.05, 0.1) is 5.75 Å². The van der Waals surface area contributed by atoms with Crippen molar-refractivity contribution in [2.24, 2.45) is 0 Å². The Kier molecular flexibility index (Phi) is 7.06. The molecule has 1 unspecified atom stereocenters. The van der Waals surface area contributed by atoms with Gasteiger partial charge < -0.3 is 0 Å². The molecule has 0 amide bonds. The molecule has 0 aromatic heterocycles. The average Bonchev–Trinajstić information content (AvgIpc) is 2.78. The molecule has 5 heteroatoms. The van der Waals surface area contributed by atoms with E-state index in [2.05, 4.69) is 40.8 Å². The summed E-state index contributed by atoms with van der Waals surface area (Å²) in [5.41, 5.74) is 2.44. The normalized spacial score (nSPS) is 18.5. The molecule has 0 spiro atoms. The van der Waals surface area contributed by atoms with Gasteiger partial charge in [0.25, 0.3) is 0 Å². The van der Waals surface area contributed by atoms with Crippen molar-refractivity contribution in [3.05, 3.63) is 35.4 Å². The zero-order valence-corrected chi connectivity index (χ0v) is 15.2. The van der Waals surface area contributed by atoms with E-state index in [0.717, 1.165) is 13.1 Å². The number of benzene rings is 1. The highest BCUT2D eigenvalue weighted by atomic mass is 32.2. The largest absolute Gasteiger partial charge is 0.295 e. The lowest BCUT2D eigenvalue weighted by Gasteiger charge is -2.31. The molecule has 130 valence electrons. The second-order valence-electron chi connectivity index (χ2n) is 6.54. The van der Waals surface area contributed by atoms with Gasteiger partial charge in [0.15, 0.2) is 0 Å². The summed E-state index contributed by atoms with van der Waals surface area (Å²) >= 11 is 0. The Morgan fingerprint density at radius 3 is 2.26 bits per heavy atom. The van der Waals surface area contributed by atoms with Crippen LogP contribution in [-0.4, -0.2) is 38.7 Å². The number of likely N-dealkylation sites (tertiary alicyclic amines) is 1. The van der Waals surface area contributed by atoms with E-state index in [9.17, 15) is 8.42 Å². The molecule has 1 saturated heterocycles. The SMILES string of the molecule is CCCS(=O)(=O)NCC(c1ccc(C)cc1)N1CCCCCC1. The predicted octanol–water partition coefficient (Wildman–Crippen LogP) is 3.24. The van der Waals surface area contributed by atoms with E-state index in [1.54, 1.807) is 0 Å². The monoisotopic (exact) mass is 338 g/mol. The molecule has 1 atom stereocenters. The van der Waals surface area contributed by atoms with Crippen LogP contribution in [0, 0.1) is 6.92 Å². The number of hydrogen-bond acceptors (Lipinski definition) is 3. The van der Waals surface area contributed by atoms with Crippen LogP contribution in [0.15, 0.2) is 24.3 Å². The lowest BCUT2D eigenvalue weighted by atomic mass is 10.0. The Morgan fingerprint density at radius 2 is 1.70 bits per heavy atom. The first-order chi connectivity index (χ1) is 11.0. The topological polar surface area (TPSA) is 49.4 Å². The lowest BCUT2D eigenvalue weighted by molar-refractivity contribution is 0.206. The molecule has 1 heterocycles. The lowest BCUT2D eigenvalue weighted by Crippen LogP contribution is -2.39. The Labute approximate surface area is 141 Å². The second kappa shape index (κ2) is 8.81. The Hall–Kier alpha value is -0.910. The standard InChI is InChI=1S/C18H30N2O2S/c1-3-14-23(21,22)19-15-18(17-10-8-16(2)9-11-17)20-12-6-4-5-7-13-20/h8-11,18-19H,3-7,12-15H2,1-2H3. The molecule has 2 rings (SSSR count). The van der Waals surface area contributed by atoms with Crippen molar-refractivity contribution in [1.29, 1.82) is 0 Å². The van der Waals surface area contributed by atoms with Crippen molar-refractivity contribution in [2.75, 3.05) is 25.4 Å². The summed E-state index contributed by atoms with van der Waals surface area (Å²) < 4.78 is 26.9. The molecule has 0 radical (unpaired) electrons. The summed E-state index contributed by atoms with van der Waals surface area (Å²) in [6, 6.07) is 8.62. The summed E-state index contributed by atoms with van der Waals surface area (Å²) in [4.78, 5) is 2.45. The van der Waals surface area contributed by atoms with Gasteiger partial charge in [-0.25, -0.2) is 13.1 Å². The van der Waals surface area contributed by atoms with E-state index in [-0.39, 0.29) is 11.8 Å². The van der Waals surface area contributed by atoms with E-state index in [4.69, 9.17) is 0 Å². The number of rotatable bonds is 7. The minimum absolute atomic E-state index is 0.125. The van der Waals surface area contributed by atoms with Crippen molar-refractivity contribution >= 4 is 10.0 Å². The highest BCUT2D eigenvalue weighted by Gasteiger charge is 2.23. The highest BCUT2D eigenvalue weighted by Crippen LogP contribution is 2.24. The summed E-state index contributed by atoms with van der Waals surface area (Å²) in [6.07, 6.45) is 5.60. The number of nitrogens with zero attached hydrogens (tertiary/aromatic N) is 1. The first kappa shape index (κ1) is 18.4. The third-order valence-corrected chi connectivity index (χ3v) is 6.07. The molecule has 1 N–H and O–H groups in total. The summed E-state index contributed by atoms with van der Waals surface area (Å²) in [5.74, 6) is 0.202. The van der Waals surface area contributed by atoms with Crippen LogP contribution in [0.1, 0.15) is 56.2 Å². The van der Waals surface area contributed by atoms with Crippen molar-refractivity contribution in [2.45, 2.75) is 52.0 Å². The van der Waals surface area contributed by atoms with Gasteiger partial charge in [-0.3, -0.25) is 4.90 Å². The summed E-state index contributed by atoms with van der Waals surface area (Å²) in [5, 5.41) is 0. The summed E-state index contributed by atoms with van der Waals surface area (Å²) in [7, 11) is -3.17.